The zero-order valence-electron chi connectivity index (χ0n) is 12.7. The van der Waals surface area contributed by atoms with Gasteiger partial charge in [0.2, 0.25) is 5.91 Å². The fraction of sp³-hybridized carbons (Fsp3) is 0.294. The number of benzene rings is 1. The number of hydrogen-bond donors (Lipinski definition) is 2. The van der Waals surface area contributed by atoms with Crippen LogP contribution in [-0.4, -0.2) is 34.0 Å². The highest BCUT2D eigenvalue weighted by molar-refractivity contribution is 7.99. The van der Waals surface area contributed by atoms with Crippen LogP contribution in [0, 0.1) is 0 Å². The molecule has 0 radical (unpaired) electrons. The lowest BCUT2D eigenvalue weighted by Gasteiger charge is -2.13. The van der Waals surface area contributed by atoms with Crippen molar-refractivity contribution in [2.45, 2.75) is 18.4 Å². The van der Waals surface area contributed by atoms with Crippen LogP contribution in [-0.2, 0) is 17.1 Å². The van der Waals surface area contributed by atoms with Gasteiger partial charge in [0.05, 0.1) is 18.4 Å². The van der Waals surface area contributed by atoms with Crippen molar-refractivity contribution >= 4 is 17.7 Å². The minimum Gasteiger partial charge on any atom is -0.389 e. The molecule has 0 unspecified atom stereocenters. The van der Waals surface area contributed by atoms with Crippen molar-refractivity contribution in [2.24, 2.45) is 0 Å². The van der Waals surface area contributed by atoms with E-state index in [1.165, 1.54) is 28.0 Å². The summed E-state index contributed by atoms with van der Waals surface area (Å²) in [5, 5.41) is 12.6. The lowest BCUT2D eigenvalue weighted by Crippen LogP contribution is -2.37. The predicted octanol–water partition coefficient (Wildman–Crippen LogP) is 1.26. The van der Waals surface area contributed by atoms with E-state index in [1.54, 1.807) is 18.3 Å². The smallest absolute Gasteiger partial charge is 0.250 e. The molecule has 6 heteroatoms. The number of nitrogens with zero attached hydrogens (tertiary/aromatic N) is 1. The minimum absolute atomic E-state index is 0.120. The number of aliphatic hydroxyl groups excluding tert-OH is 1. The highest BCUT2D eigenvalue weighted by Crippen LogP contribution is 2.10. The van der Waals surface area contributed by atoms with Gasteiger partial charge >= 0.3 is 0 Å². The van der Waals surface area contributed by atoms with Crippen molar-refractivity contribution in [2.75, 3.05) is 12.3 Å². The number of amides is 1. The summed E-state index contributed by atoms with van der Waals surface area (Å²) in [4.78, 5) is 23.3. The van der Waals surface area contributed by atoms with Gasteiger partial charge in [-0.2, -0.15) is 0 Å². The molecule has 2 N–H and O–H groups in total. The van der Waals surface area contributed by atoms with Crippen LogP contribution in [0.15, 0.2) is 59.5 Å². The minimum atomic E-state index is -0.793. The highest BCUT2D eigenvalue weighted by atomic mass is 32.2. The molecule has 5 nitrogen and oxygen atoms in total. The summed E-state index contributed by atoms with van der Waals surface area (Å²) in [6.45, 7) is 0.295. The molecule has 0 aliphatic carbocycles. The summed E-state index contributed by atoms with van der Waals surface area (Å²) in [5.41, 5.74) is 1.00. The molecule has 0 fully saturated rings. The van der Waals surface area contributed by atoms with Gasteiger partial charge in [0, 0.05) is 24.6 Å². The number of aromatic nitrogens is 1. The second-order valence-corrected chi connectivity index (χ2v) is 6.11. The Morgan fingerprint density at radius 3 is 2.65 bits per heavy atom. The lowest BCUT2D eigenvalue weighted by atomic mass is 10.2. The van der Waals surface area contributed by atoms with Gasteiger partial charge in [0.25, 0.3) is 5.56 Å². The van der Waals surface area contributed by atoms with Crippen LogP contribution in [0.4, 0.5) is 0 Å². The van der Waals surface area contributed by atoms with Crippen LogP contribution in [0.5, 0.6) is 0 Å². The zero-order valence-corrected chi connectivity index (χ0v) is 13.5. The molecule has 1 heterocycles. The molecule has 2 rings (SSSR count). The van der Waals surface area contributed by atoms with Gasteiger partial charge in [0.1, 0.15) is 0 Å². The van der Waals surface area contributed by atoms with E-state index in [9.17, 15) is 14.7 Å². The first-order valence-electron chi connectivity index (χ1n) is 7.37. The number of carbonyl (C=O) groups is 1. The van der Waals surface area contributed by atoms with E-state index in [0.717, 1.165) is 5.75 Å². The van der Waals surface area contributed by atoms with Crippen molar-refractivity contribution in [3.05, 3.63) is 70.6 Å². The SMILES string of the molecule is O=C(CSCc1ccccc1)NC[C@@H](O)Cn1ccccc1=O. The standard InChI is InChI=1S/C17H20N2O3S/c20-15(11-19-9-5-4-8-17(19)22)10-18-16(21)13-23-12-14-6-2-1-3-7-14/h1-9,15,20H,10-13H2,(H,18,21)/t15-/m1/s1. The number of aliphatic hydroxyl groups is 1. The van der Waals surface area contributed by atoms with Gasteiger partial charge in [-0.1, -0.05) is 36.4 Å². The molecule has 122 valence electrons. The fourth-order valence-corrected chi connectivity index (χ4v) is 2.84. The maximum atomic E-state index is 11.7. The quantitative estimate of drug-likeness (QED) is 0.763. The molecule has 0 aliphatic heterocycles. The molecule has 0 aliphatic rings. The zero-order chi connectivity index (χ0) is 16.5. The average Bonchev–Trinajstić information content (AvgIpc) is 2.56. The van der Waals surface area contributed by atoms with Crippen LogP contribution in [0.2, 0.25) is 0 Å². The third kappa shape index (κ3) is 6.30. The van der Waals surface area contributed by atoms with E-state index in [1.807, 2.05) is 30.3 Å². The largest absolute Gasteiger partial charge is 0.389 e. The summed E-state index contributed by atoms with van der Waals surface area (Å²) < 4.78 is 1.42. The van der Waals surface area contributed by atoms with Gasteiger partial charge in [0.15, 0.2) is 0 Å². The number of rotatable bonds is 8. The van der Waals surface area contributed by atoms with Gasteiger partial charge < -0.3 is 15.0 Å². The summed E-state index contributed by atoms with van der Waals surface area (Å²) >= 11 is 1.52. The Morgan fingerprint density at radius 2 is 1.91 bits per heavy atom. The Bertz CT molecular complexity index is 673. The Morgan fingerprint density at radius 1 is 1.17 bits per heavy atom. The molecule has 1 aromatic carbocycles. The van der Waals surface area contributed by atoms with Crippen molar-refractivity contribution < 1.29 is 9.90 Å². The normalized spacial score (nSPS) is 11.9. The van der Waals surface area contributed by atoms with E-state index in [2.05, 4.69) is 5.32 Å². The first kappa shape index (κ1) is 17.3. The second-order valence-electron chi connectivity index (χ2n) is 5.13. The van der Waals surface area contributed by atoms with E-state index < -0.39 is 6.10 Å². The Balaban J connectivity index is 1.66. The van der Waals surface area contributed by atoms with Gasteiger partial charge in [-0.15, -0.1) is 11.8 Å². The van der Waals surface area contributed by atoms with Crippen LogP contribution in [0.25, 0.3) is 0 Å². The topological polar surface area (TPSA) is 71.3 Å². The van der Waals surface area contributed by atoms with Gasteiger partial charge in [-0.25, -0.2) is 0 Å². The van der Waals surface area contributed by atoms with Crippen molar-refractivity contribution in [3.8, 4) is 0 Å². The molecule has 2 aromatic rings. The number of nitrogens with one attached hydrogen (secondary N) is 1. The number of hydrogen-bond acceptors (Lipinski definition) is 4. The van der Waals surface area contributed by atoms with Crippen LogP contribution < -0.4 is 10.9 Å². The predicted molar refractivity (Wildman–Crippen MR) is 92.3 cm³/mol. The molecule has 1 amide bonds. The molecule has 0 spiro atoms. The summed E-state index contributed by atoms with van der Waals surface area (Å²) in [7, 11) is 0. The van der Waals surface area contributed by atoms with Gasteiger partial charge in [-0.05, 0) is 11.6 Å². The van der Waals surface area contributed by atoms with Gasteiger partial charge in [-0.3, -0.25) is 9.59 Å². The summed E-state index contributed by atoms with van der Waals surface area (Å²) in [5.74, 6) is 0.994. The van der Waals surface area contributed by atoms with E-state index in [0.29, 0.717) is 5.75 Å². The Labute approximate surface area is 139 Å². The maximum Gasteiger partial charge on any atom is 0.250 e. The van der Waals surface area contributed by atoms with E-state index >= 15 is 0 Å². The van der Waals surface area contributed by atoms with Crippen molar-refractivity contribution in [3.63, 3.8) is 0 Å². The average molecular weight is 332 g/mol. The third-order valence-electron chi connectivity index (χ3n) is 3.19. The second kappa shape index (κ2) is 9.17. The van der Waals surface area contributed by atoms with Crippen LogP contribution >= 0.6 is 11.8 Å². The highest BCUT2D eigenvalue weighted by Gasteiger charge is 2.08. The van der Waals surface area contributed by atoms with E-state index in [4.69, 9.17) is 0 Å². The Kier molecular flexibility index (Phi) is 6.90. The first-order valence-corrected chi connectivity index (χ1v) is 8.52. The van der Waals surface area contributed by atoms with E-state index in [-0.39, 0.29) is 24.6 Å². The maximum absolute atomic E-state index is 11.7. The number of carbonyl (C=O) groups excluding carboxylic acids is 1. The van der Waals surface area contributed by atoms with Crippen molar-refractivity contribution in [1.29, 1.82) is 0 Å². The molecule has 23 heavy (non-hydrogen) atoms. The molecular formula is C17H20N2O3S. The molecule has 0 saturated carbocycles. The van der Waals surface area contributed by atoms with Crippen LogP contribution in [0.1, 0.15) is 5.56 Å². The number of pyridine rings is 1. The third-order valence-corrected chi connectivity index (χ3v) is 4.19. The Hall–Kier alpha value is -2.05. The van der Waals surface area contributed by atoms with Crippen molar-refractivity contribution in [1.82, 2.24) is 9.88 Å². The molecule has 0 bridgehead atoms. The summed E-state index contributed by atoms with van der Waals surface area (Å²) in [6, 6.07) is 14.8. The molecular weight excluding hydrogens is 312 g/mol. The summed E-state index contributed by atoms with van der Waals surface area (Å²) in [6.07, 6.45) is 0.821. The lowest BCUT2D eigenvalue weighted by molar-refractivity contribution is -0.119. The number of thioether (sulfide) groups is 1. The monoisotopic (exact) mass is 332 g/mol. The molecule has 1 atom stereocenters. The fourth-order valence-electron chi connectivity index (χ4n) is 2.02. The first-order chi connectivity index (χ1) is 11.1. The molecule has 1 aromatic heterocycles. The van der Waals surface area contributed by atoms with Crippen LogP contribution in [0.3, 0.4) is 0 Å². The molecule has 0 saturated heterocycles.